The quantitative estimate of drug-likeness (QED) is 0.551. The van der Waals surface area contributed by atoms with Crippen molar-refractivity contribution in [3.8, 4) is 0 Å². The normalized spacial score (nSPS) is 12.5. The molecule has 6 nitrogen and oxygen atoms in total. The summed E-state index contributed by atoms with van der Waals surface area (Å²) in [5.74, 6) is 0. The second kappa shape index (κ2) is 7.54. The number of nitrogens with zero attached hydrogens (tertiary/aromatic N) is 2. The third kappa shape index (κ3) is 7.21. The highest BCUT2D eigenvalue weighted by atomic mass is 28.4. The van der Waals surface area contributed by atoms with Crippen molar-refractivity contribution in [1.29, 1.82) is 0 Å². The molecule has 2 amide bonds. The monoisotopic (exact) mass is 304 g/mol. The van der Waals surface area contributed by atoms with Crippen LogP contribution in [0.25, 0.3) is 0 Å². The lowest BCUT2D eigenvalue weighted by Gasteiger charge is -2.25. The van der Waals surface area contributed by atoms with E-state index in [1.807, 2.05) is 40.4 Å². The van der Waals surface area contributed by atoms with Crippen molar-refractivity contribution in [3.05, 3.63) is 0 Å². The van der Waals surface area contributed by atoms with E-state index < -0.39 is 28.8 Å². The molecule has 0 fully saturated rings. The molecule has 0 rings (SSSR count). The first-order chi connectivity index (χ1) is 8.68. The zero-order chi connectivity index (χ0) is 15.1. The Morgan fingerprint density at radius 2 is 1.21 bits per heavy atom. The largest absolute Gasteiger partial charge is 0.502 e. The molecular weight excluding hydrogens is 280 g/mol. The van der Waals surface area contributed by atoms with Gasteiger partial charge in [-0.1, -0.05) is 31.0 Å². The molecule has 0 radical (unpaired) electrons. The van der Waals surface area contributed by atoms with Crippen molar-refractivity contribution in [2.45, 2.75) is 58.5 Å². The Kier molecular flexibility index (Phi) is 7.13. The lowest BCUT2D eigenvalue weighted by Crippen LogP contribution is -2.37. The standard InChI is InChI=1S/C11H24N2O4Si2/c1-7-19(8-2,9-3)17-11(15)13-12-10(14)16-18(4,5)6/h7-9H2,1-6H3/b13-12+. The van der Waals surface area contributed by atoms with E-state index in [2.05, 4.69) is 10.2 Å². The first kappa shape index (κ1) is 18.0. The zero-order valence-electron chi connectivity index (χ0n) is 12.6. The third-order valence-electron chi connectivity index (χ3n) is 2.84. The van der Waals surface area contributed by atoms with Gasteiger partial charge in [0.25, 0.3) is 8.32 Å². The van der Waals surface area contributed by atoms with Crippen molar-refractivity contribution in [3.63, 3.8) is 0 Å². The van der Waals surface area contributed by atoms with E-state index in [-0.39, 0.29) is 0 Å². The Labute approximate surface area is 116 Å². The number of amides is 2. The second-order valence-electron chi connectivity index (χ2n) is 5.29. The van der Waals surface area contributed by atoms with E-state index in [0.29, 0.717) is 0 Å². The molecule has 0 spiro atoms. The Hall–Kier alpha value is -1.03. The predicted octanol–water partition coefficient (Wildman–Crippen LogP) is 4.55. The molecule has 0 heterocycles. The van der Waals surface area contributed by atoms with E-state index in [0.717, 1.165) is 18.1 Å². The van der Waals surface area contributed by atoms with Crippen molar-refractivity contribution in [1.82, 2.24) is 0 Å². The molecular formula is C11H24N2O4Si2. The molecule has 0 N–H and O–H groups in total. The van der Waals surface area contributed by atoms with Crippen LogP contribution in [0.5, 0.6) is 0 Å². The van der Waals surface area contributed by atoms with Gasteiger partial charge < -0.3 is 8.85 Å². The van der Waals surface area contributed by atoms with Crippen LogP contribution in [0.15, 0.2) is 10.2 Å². The predicted molar refractivity (Wildman–Crippen MR) is 78.4 cm³/mol. The SMILES string of the molecule is CC[Si](CC)(CC)OC(=O)/N=N/C(=O)O[Si](C)(C)C. The summed E-state index contributed by atoms with van der Waals surface area (Å²) in [7, 11) is -4.05. The fraction of sp³-hybridized carbons (Fsp3) is 0.818. The minimum Gasteiger partial charge on any atom is -0.502 e. The van der Waals surface area contributed by atoms with Crippen LogP contribution in [0.2, 0.25) is 37.8 Å². The number of azo groups is 1. The van der Waals surface area contributed by atoms with Crippen molar-refractivity contribution in [2.75, 3.05) is 0 Å². The van der Waals surface area contributed by atoms with Crippen LogP contribution in [-0.4, -0.2) is 28.8 Å². The van der Waals surface area contributed by atoms with Crippen LogP contribution in [-0.2, 0) is 8.85 Å². The average molecular weight is 304 g/mol. The van der Waals surface area contributed by atoms with Gasteiger partial charge in [0, 0.05) is 0 Å². The summed E-state index contributed by atoms with van der Waals surface area (Å²) in [6.07, 6.45) is -1.61. The molecule has 0 saturated heterocycles. The summed E-state index contributed by atoms with van der Waals surface area (Å²) in [5.41, 5.74) is 0. The van der Waals surface area contributed by atoms with Gasteiger partial charge in [0.05, 0.1) is 0 Å². The van der Waals surface area contributed by atoms with Crippen LogP contribution < -0.4 is 0 Å². The lowest BCUT2D eigenvalue weighted by molar-refractivity contribution is 0.198. The van der Waals surface area contributed by atoms with Crippen LogP contribution in [0.1, 0.15) is 20.8 Å². The van der Waals surface area contributed by atoms with Crippen molar-refractivity contribution >= 4 is 28.8 Å². The van der Waals surface area contributed by atoms with Gasteiger partial charge in [-0.2, -0.15) is 0 Å². The summed E-state index contributed by atoms with van der Waals surface area (Å²) in [6, 6.07) is 2.50. The molecule has 19 heavy (non-hydrogen) atoms. The zero-order valence-corrected chi connectivity index (χ0v) is 14.6. The number of carbonyl (C=O) groups excluding carboxylic acids is 2. The molecule has 0 aliphatic heterocycles. The maximum Gasteiger partial charge on any atom is 0.439 e. The number of rotatable bonds is 5. The molecule has 0 saturated carbocycles. The molecule has 0 aliphatic rings. The topological polar surface area (TPSA) is 77.3 Å². The third-order valence-corrected chi connectivity index (χ3v) is 8.10. The fourth-order valence-corrected chi connectivity index (χ4v) is 4.45. The first-order valence-electron chi connectivity index (χ1n) is 6.55. The minimum absolute atomic E-state index is 0.787. The van der Waals surface area contributed by atoms with E-state index >= 15 is 0 Å². The fourth-order valence-electron chi connectivity index (χ4n) is 1.54. The van der Waals surface area contributed by atoms with Gasteiger partial charge in [0.2, 0.25) is 8.32 Å². The van der Waals surface area contributed by atoms with Crippen LogP contribution in [0.3, 0.4) is 0 Å². The molecule has 0 aliphatic carbocycles. The molecule has 0 atom stereocenters. The molecule has 0 aromatic heterocycles. The first-order valence-corrected chi connectivity index (χ1v) is 12.5. The van der Waals surface area contributed by atoms with Crippen molar-refractivity contribution in [2.24, 2.45) is 10.2 Å². The van der Waals surface area contributed by atoms with Gasteiger partial charge in [0.15, 0.2) is 0 Å². The number of hydrogen-bond acceptors (Lipinski definition) is 4. The maximum atomic E-state index is 11.6. The Balaban J connectivity index is 4.50. The Morgan fingerprint density at radius 3 is 1.53 bits per heavy atom. The molecule has 8 heteroatoms. The van der Waals surface area contributed by atoms with E-state index in [9.17, 15) is 9.59 Å². The van der Waals surface area contributed by atoms with Crippen molar-refractivity contribution < 1.29 is 18.4 Å². The molecule has 0 unspecified atom stereocenters. The van der Waals surface area contributed by atoms with E-state index in [4.69, 9.17) is 8.85 Å². The summed E-state index contributed by atoms with van der Waals surface area (Å²) in [6.45, 7) is 11.6. The van der Waals surface area contributed by atoms with Gasteiger partial charge in [-0.15, -0.1) is 0 Å². The summed E-state index contributed by atoms with van der Waals surface area (Å²) < 4.78 is 10.4. The highest BCUT2D eigenvalue weighted by Crippen LogP contribution is 2.22. The molecule has 0 aromatic carbocycles. The summed E-state index contributed by atoms with van der Waals surface area (Å²) in [5, 5.41) is 6.53. The number of hydrogen-bond donors (Lipinski definition) is 0. The summed E-state index contributed by atoms with van der Waals surface area (Å²) in [4.78, 5) is 22.9. The van der Waals surface area contributed by atoms with Crippen LogP contribution in [0, 0.1) is 0 Å². The second-order valence-corrected chi connectivity index (χ2v) is 14.4. The van der Waals surface area contributed by atoms with E-state index in [1.165, 1.54) is 0 Å². The molecule has 0 bridgehead atoms. The molecule has 110 valence electrons. The number of carbonyl (C=O) groups is 2. The van der Waals surface area contributed by atoms with E-state index in [1.54, 1.807) is 0 Å². The van der Waals surface area contributed by atoms with Gasteiger partial charge in [-0.3, -0.25) is 0 Å². The summed E-state index contributed by atoms with van der Waals surface area (Å²) >= 11 is 0. The minimum atomic E-state index is -2.05. The lowest BCUT2D eigenvalue weighted by atomic mass is 10.9. The average Bonchev–Trinajstić information content (AvgIpc) is 2.31. The smallest absolute Gasteiger partial charge is 0.439 e. The van der Waals surface area contributed by atoms with Crippen LogP contribution >= 0.6 is 0 Å². The van der Waals surface area contributed by atoms with Gasteiger partial charge >= 0.3 is 12.2 Å². The highest BCUT2D eigenvalue weighted by molar-refractivity contribution is 6.74. The van der Waals surface area contributed by atoms with Gasteiger partial charge in [0.1, 0.15) is 0 Å². The van der Waals surface area contributed by atoms with Gasteiger partial charge in [-0.05, 0) is 37.8 Å². The van der Waals surface area contributed by atoms with Crippen LogP contribution in [0.4, 0.5) is 9.59 Å². The highest BCUT2D eigenvalue weighted by Gasteiger charge is 2.33. The maximum absolute atomic E-state index is 11.6. The van der Waals surface area contributed by atoms with Gasteiger partial charge in [-0.25, -0.2) is 9.59 Å². The molecule has 0 aromatic rings. The Bertz CT molecular complexity index is 341. The Morgan fingerprint density at radius 1 is 0.842 bits per heavy atom.